The number of hydrogen-bond donors (Lipinski definition) is 4. The standard InChI is InChI=1S/C22H26BrCl2FN4O7/c23-14-2-1-13(26)11-15(14)35-16-9-12(20(32)28-6-3-18(27)31)10-17(36-21(33)29-7-4-24)19(16)37-22(34)30-8-5-25/h1-2,9,11,16-17,19H,3-8,10H2,(H2,27,31)(H,28,32)(H,29,33)(H,30,34). The fourth-order valence-corrected chi connectivity index (χ4v) is 3.73. The van der Waals surface area contributed by atoms with E-state index in [0.29, 0.717) is 4.47 Å². The zero-order valence-electron chi connectivity index (χ0n) is 19.4. The third-order valence-corrected chi connectivity index (χ3v) is 5.84. The summed E-state index contributed by atoms with van der Waals surface area (Å²) in [6.45, 7) is 0.162. The van der Waals surface area contributed by atoms with Gasteiger partial charge in [-0.2, -0.15) is 0 Å². The number of benzene rings is 1. The van der Waals surface area contributed by atoms with Crippen LogP contribution in [-0.4, -0.2) is 73.7 Å². The maximum absolute atomic E-state index is 13.9. The SMILES string of the molecule is NC(=O)CCNC(=O)C1=CC(Oc2cc(F)ccc2Br)C(OC(=O)NCCCl)C(OC(=O)NCCCl)C1. The Balaban J connectivity index is 2.41. The van der Waals surface area contributed by atoms with Gasteiger partial charge in [-0.3, -0.25) is 9.59 Å². The minimum absolute atomic E-state index is 0.0328. The highest BCUT2D eigenvalue weighted by Crippen LogP contribution is 2.32. The van der Waals surface area contributed by atoms with Crippen LogP contribution in [0.25, 0.3) is 0 Å². The fraction of sp³-hybridized carbons (Fsp3) is 0.455. The van der Waals surface area contributed by atoms with Crippen molar-refractivity contribution in [2.75, 3.05) is 31.4 Å². The molecule has 1 aliphatic rings. The molecule has 204 valence electrons. The van der Waals surface area contributed by atoms with Gasteiger partial charge < -0.3 is 35.9 Å². The normalized spacial score (nSPS) is 18.7. The van der Waals surface area contributed by atoms with Crippen molar-refractivity contribution >= 4 is 63.1 Å². The second kappa shape index (κ2) is 15.5. The summed E-state index contributed by atoms with van der Waals surface area (Å²) < 4.78 is 31.2. The topological polar surface area (TPSA) is 158 Å². The van der Waals surface area contributed by atoms with E-state index in [0.717, 1.165) is 6.07 Å². The second-order valence-corrected chi connectivity index (χ2v) is 9.18. The number of rotatable bonds is 12. The van der Waals surface area contributed by atoms with Crippen molar-refractivity contribution in [2.24, 2.45) is 5.73 Å². The number of ether oxygens (including phenoxy) is 3. The summed E-state index contributed by atoms with van der Waals surface area (Å²) in [6, 6.07) is 3.70. The molecule has 2 rings (SSSR count). The minimum Gasteiger partial charge on any atom is -0.481 e. The Morgan fingerprint density at radius 2 is 1.68 bits per heavy atom. The summed E-state index contributed by atoms with van der Waals surface area (Å²) in [5, 5.41) is 7.39. The average molecular weight is 628 g/mol. The molecular weight excluding hydrogens is 602 g/mol. The summed E-state index contributed by atoms with van der Waals surface area (Å²) in [5.41, 5.74) is 5.22. The Labute approximate surface area is 230 Å². The van der Waals surface area contributed by atoms with E-state index >= 15 is 0 Å². The smallest absolute Gasteiger partial charge is 0.407 e. The summed E-state index contributed by atoms with van der Waals surface area (Å²) in [7, 11) is 0. The van der Waals surface area contributed by atoms with Crippen molar-refractivity contribution in [3.63, 3.8) is 0 Å². The third-order valence-electron chi connectivity index (χ3n) is 4.81. The number of primary amides is 1. The summed E-state index contributed by atoms with van der Waals surface area (Å²) in [6.07, 6.45) is -4.30. The number of hydrogen-bond acceptors (Lipinski definition) is 7. The number of alkyl carbamates (subject to hydrolysis) is 2. The van der Waals surface area contributed by atoms with Crippen LogP contribution in [-0.2, 0) is 19.1 Å². The molecule has 0 aromatic heterocycles. The first-order valence-electron chi connectivity index (χ1n) is 11.0. The van der Waals surface area contributed by atoms with Crippen molar-refractivity contribution in [1.29, 1.82) is 0 Å². The molecule has 15 heteroatoms. The maximum atomic E-state index is 13.9. The predicted octanol–water partition coefficient (Wildman–Crippen LogP) is 2.32. The summed E-state index contributed by atoms with van der Waals surface area (Å²) in [4.78, 5) is 48.5. The van der Waals surface area contributed by atoms with Gasteiger partial charge in [0.2, 0.25) is 11.8 Å². The molecular formula is C22H26BrCl2FN4O7. The van der Waals surface area contributed by atoms with Gasteiger partial charge in [-0.1, -0.05) is 0 Å². The Hall–Kier alpha value is -2.77. The van der Waals surface area contributed by atoms with Crippen molar-refractivity contribution in [3.05, 3.63) is 40.1 Å². The Kier molecular flexibility index (Phi) is 12.7. The molecule has 0 saturated heterocycles. The van der Waals surface area contributed by atoms with Crippen molar-refractivity contribution < 1.29 is 37.8 Å². The molecule has 0 aliphatic heterocycles. The molecule has 5 N–H and O–H groups in total. The number of halogens is 4. The van der Waals surface area contributed by atoms with E-state index in [4.69, 9.17) is 43.1 Å². The van der Waals surface area contributed by atoms with Crippen LogP contribution in [0.1, 0.15) is 12.8 Å². The van der Waals surface area contributed by atoms with E-state index in [1.54, 1.807) is 0 Å². The lowest BCUT2D eigenvalue weighted by Gasteiger charge is -2.35. The number of carbonyl (C=O) groups excluding carboxylic acids is 4. The summed E-state index contributed by atoms with van der Waals surface area (Å²) in [5.74, 6) is -1.53. The van der Waals surface area contributed by atoms with Crippen LogP contribution in [0.4, 0.5) is 14.0 Å². The quantitative estimate of drug-likeness (QED) is 0.259. The van der Waals surface area contributed by atoms with Crippen LogP contribution in [0.5, 0.6) is 5.75 Å². The number of nitrogens with two attached hydrogens (primary N) is 1. The average Bonchev–Trinajstić information content (AvgIpc) is 2.85. The third kappa shape index (κ3) is 10.3. The lowest BCUT2D eigenvalue weighted by Crippen LogP contribution is -2.51. The molecule has 4 amide bonds. The van der Waals surface area contributed by atoms with E-state index in [1.807, 2.05) is 0 Å². The van der Waals surface area contributed by atoms with Gasteiger partial charge in [-0.05, 0) is 34.1 Å². The molecule has 11 nitrogen and oxygen atoms in total. The first-order chi connectivity index (χ1) is 17.6. The molecule has 37 heavy (non-hydrogen) atoms. The van der Waals surface area contributed by atoms with Gasteiger partial charge in [0.1, 0.15) is 17.7 Å². The molecule has 3 atom stereocenters. The number of amides is 4. The van der Waals surface area contributed by atoms with Gasteiger partial charge in [-0.15, -0.1) is 23.2 Å². The minimum atomic E-state index is -1.26. The van der Waals surface area contributed by atoms with Gasteiger partial charge in [-0.25, -0.2) is 14.0 Å². The molecule has 0 spiro atoms. The van der Waals surface area contributed by atoms with E-state index < -0.39 is 48.1 Å². The summed E-state index contributed by atoms with van der Waals surface area (Å²) >= 11 is 14.5. The lowest BCUT2D eigenvalue weighted by atomic mass is 9.91. The van der Waals surface area contributed by atoms with Crippen molar-refractivity contribution in [2.45, 2.75) is 31.2 Å². The molecule has 0 saturated carbocycles. The largest absolute Gasteiger partial charge is 0.481 e. The van der Waals surface area contributed by atoms with Gasteiger partial charge in [0, 0.05) is 55.9 Å². The zero-order valence-corrected chi connectivity index (χ0v) is 22.5. The maximum Gasteiger partial charge on any atom is 0.407 e. The molecule has 1 aromatic carbocycles. The molecule has 1 aliphatic carbocycles. The molecule has 0 heterocycles. The molecule has 0 radical (unpaired) electrons. The molecule has 1 aromatic rings. The highest BCUT2D eigenvalue weighted by molar-refractivity contribution is 9.10. The Morgan fingerprint density at radius 1 is 1.03 bits per heavy atom. The van der Waals surface area contributed by atoms with E-state index in [9.17, 15) is 23.6 Å². The lowest BCUT2D eigenvalue weighted by molar-refractivity contribution is -0.119. The molecule has 0 fully saturated rings. The first-order valence-corrected chi connectivity index (χ1v) is 12.9. The monoisotopic (exact) mass is 626 g/mol. The van der Waals surface area contributed by atoms with Gasteiger partial charge in [0.05, 0.1) is 4.47 Å². The van der Waals surface area contributed by atoms with Crippen LogP contribution in [0.3, 0.4) is 0 Å². The first kappa shape index (κ1) is 30.5. The van der Waals surface area contributed by atoms with Crippen LogP contribution >= 0.6 is 39.1 Å². The van der Waals surface area contributed by atoms with Crippen LogP contribution in [0.2, 0.25) is 0 Å². The van der Waals surface area contributed by atoms with Gasteiger partial charge >= 0.3 is 12.2 Å². The van der Waals surface area contributed by atoms with Crippen molar-refractivity contribution in [1.82, 2.24) is 16.0 Å². The van der Waals surface area contributed by atoms with Crippen LogP contribution in [0, 0.1) is 5.82 Å². The molecule has 3 unspecified atom stereocenters. The number of nitrogens with one attached hydrogen (secondary N) is 3. The van der Waals surface area contributed by atoms with E-state index in [2.05, 4.69) is 31.9 Å². The highest BCUT2D eigenvalue weighted by atomic mass is 79.9. The Bertz CT molecular complexity index is 1020. The molecule has 0 bridgehead atoms. The van der Waals surface area contributed by atoms with Gasteiger partial charge in [0.25, 0.3) is 0 Å². The number of alkyl halides is 2. The zero-order chi connectivity index (χ0) is 27.4. The highest BCUT2D eigenvalue weighted by Gasteiger charge is 2.42. The predicted molar refractivity (Wildman–Crippen MR) is 136 cm³/mol. The van der Waals surface area contributed by atoms with Crippen molar-refractivity contribution in [3.8, 4) is 5.75 Å². The van der Waals surface area contributed by atoms with Crippen LogP contribution in [0.15, 0.2) is 34.3 Å². The number of carbonyl (C=O) groups is 4. The van der Waals surface area contributed by atoms with E-state index in [1.165, 1.54) is 18.2 Å². The van der Waals surface area contributed by atoms with Crippen LogP contribution < -0.4 is 26.4 Å². The fourth-order valence-electron chi connectivity index (χ4n) is 3.20. The Morgan fingerprint density at radius 3 is 2.30 bits per heavy atom. The van der Waals surface area contributed by atoms with E-state index in [-0.39, 0.29) is 55.6 Å². The van der Waals surface area contributed by atoms with Gasteiger partial charge in [0.15, 0.2) is 12.2 Å². The second-order valence-electron chi connectivity index (χ2n) is 7.57.